The minimum Gasteiger partial charge on any atom is -0.481 e. The average molecular weight is 399 g/mol. The van der Waals surface area contributed by atoms with Crippen LogP contribution in [0.3, 0.4) is 0 Å². The molecule has 0 aliphatic rings. The lowest BCUT2D eigenvalue weighted by Crippen LogP contribution is -2.34. The topological polar surface area (TPSA) is 147 Å². The van der Waals surface area contributed by atoms with E-state index in [4.69, 9.17) is 14.9 Å². The first kappa shape index (κ1) is 25.0. The molecule has 0 saturated carbocycles. The van der Waals surface area contributed by atoms with Crippen molar-refractivity contribution in [2.75, 3.05) is 11.9 Å². The summed E-state index contributed by atoms with van der Waals surface area (Å²) in [6.07, 6.45) is 2.50. The maximum Gasteiger partial charge on any atom is 0.407 e. The highest BCUT2D eigenvalue weighted by Gasteiger charge is 2.18. The number of rotatable bonds is 8. The third kappa shape index (κ3) is 10.2. The van der Waals surface area contributed by atoms with E-state index in [2.05, 4.69) is 10.6 Å². The van der Waals surface area contributed by atoms with Gasteiger partial charge in [0.2, 0.25) is 6.41 Å². The summed E-state index contributed by atoms with van der Waals surface area (Å²) >= 11 is 0. The number of hydrogen-bond acceptors (Lipinski definition) is 5. The number of alkyl carbamates (subject to hydrolysis) is 1. The van der Waals surface area contributed by atoms with Crippen molar-refractivity contribution in [3.63, 3.8) is 0 Å². The molecule has 1 aromatic heterocycles. The molecule has 0 radical (unpaired) electrons. The van der Waals surface area contributed by atoms with E-state index < -0.39 is 29.6 Å². The lowest BCUT2D eigenvalue weighted by Gasteiger charge is -2.20. The van der Waals surface area contributed by atoms with Crippen LogP contribution in [-0.4, -0.2) is 51.4 Å². The first-order valence-electron chi connectivity index (χ1n) is 8.70. The number of aromatic nitrogens is 1. The number of aliphatic carboxylic acids is 1. The molecule has 28 heavy (non-hydrogen) atoms. The van der Waals surface area contributed by atoms with Gasteiger partial charge in [0.1, 0.15) is 11.3 Å². The first-order valence-corrected chi connectivity index (χ1v) is 8.70. The average Bonchev–Trinajstić information content (AvgIpc) is 2.91. The van der Waals surface area contributed by atoms with Gasteiger partial charge >= 0.3 is 18.0 Å². The molecule has 10 heteroatoms. The second kappa shape index (κ2) is 11.6. The fourth-order valence-electron chi connectivity index (χ4n) is 2.09. The second-order valence-corrected chi connectivity index (χ2v) is 6.95. The Morgan fingerprint density at radius 1 is 1.29 bits per heavy atom. The van der Waals surface area contributed by atoms with Gasteiger partial charge in [0.05, 0.1) is 11.6 Å². The molecule has 0 fully saturated rings. The molecule has 1 atom stereocenters. The lowest BCUT2D eigenvalue weighted by molar-refractivity contribution is -0.142. The van der Waals surface area contributed by atoms with Crippen molar-refractivity contribution in [2.45, 2.75) is 46.1 Å². The summed E-state index contributed by atoms with van der Waals surface area (Å²) < 4.78 is 6.44. The summed E-state index contributed by atoms with van der Waals surface area (Å²) in [4.78, 5) is 42.4. The van der Waals surface area contributed by atoms with E-state index in [1.807, 2.05) is 6.92 Å². The maximum absolute atomic E-state index is 11.2. The van der Waals surface area contributed by atoms with Gasteiger partial charge in [-0.05, 0) is 39.7 Å². The Morgan fingerprint density at radius 2 is 1.89 bits per heavy atom. The summed E-state index contributed by atoms with van der Waals surface area (Å²) in [5, 5.41) is 22.3. The van der Waals surface area contributed by atoms with E-state index >= 15 is 0 Å². The van der Waals surface area contributed by atoms with Crippen molar-refractivity contribution in [2.24, 2.45) is 13.0 Å². The number of carbonyl (C=O) groups excluding carboxylic acids is 2. The van der Waals surface area contributed by atoms with Gasteiger partial charge in [0.15, 0.2) is 0 Å². The van der Waals surface area contributed by atoms with Crippen LogP contribution >= 0.6 is 0 Å². The van der Waals surface area contributed by atoms with Crippen LogP contribution < -0.4 is 10.6 Å². The minimum atomic E-state index is -1.02. The van der Waals surface area contributed by atoms with Crippen LogP contribution in [0.1, 0.15) is 51.0 Å². The molecule has 0 saturated heterocycles. The summed E-state index contributed by atoms with van der Waals surface area (Å²) in [5.41, 5.74) is 0.0883. The zero-order valence-corrected chi connectivity index (χ0v) is 16.8. The fraction of sp³-hybridized carbons (Fsp3) is 0.556. The van der Waals surface area contributed by atoms with Gasteiger partial charge in [-0.2, -0.15) is 0 Å². The molecule has 0 aliphatic carbocycles. The van der Waals surface area contributed by atoms with Crippen LogP contribution in [0.25, 0.3) is 0 Å². The van der Waals surface area contributed by atoms with E-state index in [0.29, 0.717) is 31.5 Å². The largest absolute Gasteiger partial charge is 0.481 e. The van der Waals surface area contributed by atoms with Crippen molar-refractivity contribution in [1.29, 1.82) is 0 Å². The summed E-state index contributed by atoms with van der Waals surface area (Å²) in [6, 6.07) is 1.39. The number of aryl methyl sites for hydroxylation is 1. The lowest BCUT2D eigenvalue weighted by atomic mass is 10.0. The Morgan fingerprint density at radius 3 is 2.29 bits per heavy atom. The Labute approximate surface area is 163 Å². The number of carboxylic acid groups (broad SMARTS) is 2. The van der Waals surface area contributed by atoms with Gasteiger partial charge in [0.25, 0.3) is 0 Å². The predicted molar refractivity (Wildman–Crippen MR) is 102 cm³/mol. The van der Waals surface area contributed by atoms with Gasteiger partial charge in [-0.1, -0.05) is 6.92 Å². The van der Waals surface area contributed by atoms with Crippen molar-refractivity contribution < 1.29 is 34.1 Å². The number of nitrogens with one attached hydrogen (secondary N) is 2. The summed E-state index contributed by atoms with van der Waals surface area (Å²) in [7, 11) is 1.60. The van der Waals surface area contributed by atoms with Crippen LogP contribution in [0.2, 0.25) is 0 Å². The molecule has 1 heterocycles. The molecule has 4 N–H and O–H groups in total. The number of amides is 2. The highest BCUT2D eigenvalue weighted by atomic mass is 16.6. The number of aromatic carboxylic acids is 1. The fourth-order valence-corrected chi connectivity index (χ4v) is 2.09. The van der Waals surface area contributed by atoms with Crippen LogP contribution in [0.5, 0.6) is 0 Å². The Hall–Kier alpha value is -3.04. The summed E-state index contributed by atoms with van der Waals surface area (Å²) in [6.45, 7) is 7.46. The van der Waals surface area contributed by atoms with E-state index in [9.17, 15) is 19.2 Å². The molecule has 1 rings (SSSR count). The van der Waals surface area contributed by atoms with Crippen LogP contribution in [0.4, 0.5) is 10.5 Å². The molecule has 0 aliphatic heterocycles. The molecule has 10 nitrogen and oxygen atoms in total. The normalized spacial score (nSPS) is 11.5. The second-order valence-electron chi connectivity index (χ2n) is 6.95. The Bertz CT molecular complexity index is 677. The molecule has 158 valence electrons. The molecular weight excluding hydrogens is 370 g/mol. The SMILES string of the molecule is CCC(CCNC(=O)OC(C)(C)C)C(=O)O.Cn1cc(NC=O)cc1C(=O)O. The number of carboxylic acids is 2. The minimum absolute atomic E-state index is 0.138. The van der Waals surface area contributed by atoms with Crippen LogP contribution in [0.15, 0.2) is 12.3 Å². The molecule has 0 spiro atoms. The molecule has 2 amide bonds. The van der Waals surface area contributed by atoms with Crippen molar-refractivity contribution >= 4 is 30.1 Å². The maximum atomic E-state index is 11.2. The van der Waals surface area contributed by atoms with Gasteiger partial charge in [-0.3, -0.25) is 9.59 Å². The highest BCUT2D eigenvalue weighted by molar-refractivity contribution is 5.88. The van der Waals surface area contributed by atoms with Gasteiger partial charge in [-0.15, -0.1) is 0 Å². The third-order valence-electron chi connectivity index (χ3n) is 3.45. The number of hydrogen-bond donors (Lipinski definition) is 4. The Balaban J connectivity index is 0.000000540. The van der Waals surface area contributed by atoms with Crippen molar-refractivity contribution in [3.05, 3.63) is 18.0 Å². The van der Waals surface area contributed by atoms with Gasteiger partial charge in [-0.25, -0.2) is 9.59 Å². The van der Waals surface area contributed by atoms with Crippen molar-refractivity contribution in [1.82, 2.24) is 9.88 Å². The standard InChI is InChI=1S/C11H21NO4.C7H8N2O3/c1-5-8(9(13)14)6-7-12-10(15)16-11(2,3)4;1-9-3-5(8-4-10)2-6(9)7(11)12/h8H,5-7H2,1-4H3,(H,12,15)(H,13,14);2-4H,1H3,(H,8,10)(H,11,12). The molecule has 1 unspecified atom stereocenters. The van der Waals surface area contributed by atoms with E-state index in [1.165, 1.54) is 16.8 Å². The number of ether oxygens (including phenoxy) is 1. The van der Waals surface area contributed by atoms with Crippen LogP contribution in [0, 0.1) is 5.92 Å². The van der Waals surface area contributed by atoms with Crippen molar-refractivity contribution in [3.8, 4) is 0 Å². The summed E-state index contributed by atoms with van der Waals surface area (Å²) in [5.74, 6) is -2.25. The molecule has 1 aromatic rings. The van der Waals surface area contributed by atoms with E-state index in [-0.39, 0.29) is 5.69 Å². The third-order valence-corrected chi connectivity index (χ3v) is 3.45. The monoisotopic (exact) mass is 399 g/mol. The predicted octanol–water partition coefficient (Wildman–Crippen LogP) is 2.30. The molecule has 0 aromatic carbocycles. The zero-order valence-electron chi connectivity index (χ0n) is 16.8. The van der Waals surface area contributed by atoms with E-state index in [1.54, 1.807) is 27.8 Å². The smallest absolute Gasteiger partial charge is 0.407 e. The zero-order chi connectivity index (χ0) is 21.9. The number of anilines is 1. The van der Waals surface area contributed by atoms with E-state index in [0.717, 1.165) is 0 Å². The van der Waals surface area contributed by atoms with Crippen LogP contribution in [-0.2, 0) is 21.4 Å². The quantitative estimate of drug-likeness (QED) is 0.490. The van der Waals surface area contributed by atoms with Gasteiger partial charge < -0.3 is 30.2 Å². The first-order chi connectivity index (χ1) is 12.9. The molecular formula is C18H29N3O7. The Kier molecular flexibility index (Phi) is 10.4. The molecule has 0 bridgehead atoms. The number of carbonyl (C=O) groups is 4. The highest BCUT2D eigenvalue weighted by Crippen LogP contribution is 2.11. The van der Waals surface area contributed by atoms with Gasteiger partial charge in [0, 0.05) is 19.8 Å². The number of nitrogens with zero attached hydrogens (tertiary/aromatic N) is 1.